The van der Waals surface area contributed by atoms with Crippen molar-refractivity contribution in [1.82, 2.24) is 5.32 Å². The van der Waals surface area contributed by atoms with Gasteiger partial charge in [-0.25, -0.2) is 9.59 Å². The Morgan fingerprint density at radius 1 is 0.880 bits per heavy atom. The standard InChI is InChI=1S/C20H17NO4/c22-19(23)18-11-5-9-16-15(8-4-10-17(16)18)12-21-20(24)25-13-14-6-2-1-3-7-14/h1-11H,12-13H2,(H,21,24)(H,22,23). The van der Waals surface area contributed by atoms with Gasteiger partial charge in [-0.15, -0.1) is 0 Å². The van der Waals surface area contributed by atoms with Gasteiger partial charge in [0.2, 0.25) is 0 Å². The Morgan fingerprint density at radius 2 is 1.60 bits per heavy atom. The third-order valence-corrected chi connectivity index (χ3v) is 3.88. The van der Waals surface area contributed by atoms with Crippen LogP contribution in [0.2, 0.25) is 0 Å². The monoisotopic (exact) mass is 335 g/mol. The first kappa shape index (κ1) is 16.5. The molecule has 0 unspecified atom stereocenters. The first-order chi connectivity index (χ1) is 12.1. The predicted molar refractivity (Wildman–Crippen MR) is 94.4 cm³/mol. The number of hydrogen-bond donors (Lipinski definition) is 2. The van der Waals surface area contributed by atoms with Gasteiger partial charge in [0.1, 0.15) is 6.61 Å². The van der Waals surface area contributed by atoms with Crippen molar-refractivity contribution in [2.45, 2.75) is 13.2 Å². The molecule has 0 spiro atoms. The number of amides is 1. The first-order valence-corrected chi connectivity index (χ1v) is 7.83. The van der Waals surface area contributed by atoms with Gasteiger partial charge in [0, 0.05) is 6.54 Å². The summed E-state index contributed by atoms with van der Waals surface area (Å²) < 4.78 is 5.18. The van der Waals surface area contributed by atoms with Crippen molar-refractivity contribution in [3.63, 3.8) is 0 Å². The van der Waals surface area contributed by atoms with Gasteiger partial charge >= 0.3 is 12.1 Å². The van der Waals surface area contributed by atoms with Gasteiger partial charge in [-0.2, -0.15) is 0 Å². The summed E-state index contributed by atoms with van der Waals surface area (Å²) in [5, 5.41) is 13.4. The van der Waals surface area contributed by atoms with Gasteiger partial charge in [-0.1, -0.05) is 60.7 Å². The van der Waals surface area contributed by atoms with Crippen molar-refractivity contribution in [1.29, 1.82) is 0 Å². The highest BCUT2D eigenvalue weighted by Crippen LogP contribution is 2.22. The van der Waals surface area contributed by atoms with E-state index in [0.29, 0.717) is 5.39 Å². The zero-order valence-corrected chi connectivity index (χ0v) is 13.4. The zero-order valence-electron chi connectivity index (χ0n) is 13.4. The smallest absolute Gasteiger partial charge is 0.407 e. The lowest BCUT2D eigenvalue weighted by Gasteiger charge is -2.10. The number of aromatic carboxylic acids is 1. The van der Waals surface area contributed by atoms with Crippen molar-refractivity contribution in [3.8, 4) is 0 Å². The van der Waals surface area contributed by atoms with E-state index in [1.165, 1.54) is 0 Å². The highest BCUT2D eigenvalue weighted by Gasteiger charge is 2.11. The Balaban J connectivity index is 1.68. The van der Waals surface area contributed by atoms with E-state index >= 15 is 0 Å². The van der Waals surface area contributed by atoms with Crippen LogP contribution in [-0.2, 0) is 17.9 Å². The van der Waals surface area contributed by atoms with Gasteiger partial charge in [0.15, 0.2) is 0 Å². The number of carboxylic acid groups (broad SMARTS) is 1. The summed E-state index contributed by atoms with van der Waals surface area (Å²) in [6.45, 7) is 0.458. The Bertz CT molecular complexity index is 906. The molecule has 0 aliphatic rings. The summed E-state index contributed by atoms with van der Waals surface area (Å²) in [6.07, 6.45) is -0.518. The lowest BCUT2D eigenvalue weighted by Crippen LogP contribution is -2.23. The molecule has 0 saturated heterocycles. The van der Waals surface area contributed by atoms with E-state index in [0.717, 1.165) is 16.5 Å². The van der Waals surface area contributed by atoms with Crippen LogP contribution < -0.4 is 5.32 Å². The normalized spacial score (nSPS) is 10.4. The van der Waals surface area contributed by atoms with Crippen molar-refractivity contribution in [3.05, 3.63) is 83.4 Å². The molecular weight excluding hydrogens is 318 g/mol. The van der Waals surface area contributed by atoms with Crippen LogP contribution in [0.1, 0.15) is 21.5 Å². The molecule has 5 nitrogen and oxygen atoms in total. The van der Waals surface area contributed by atoms with Crippen LogP contribution in [0, 0.1) is 0 Å². The lowest BCUT2D eigenvalue weighted by atomic mass is 10.00. The molecule has 0 atom stereocenters. The summed E-state index contributed by atoms with van der Waals surface area (Å²) in [4.78, 5) is 23.2. The Morgan fingerprint density at radius 3 is 2.36 bits per heavy atom. The van der Waals surface area contributed by atoms with Crippen LogP contribution in [0.15, 0.2) is 66.7 Å². The molecule has 3 rings (SSSR count). The van der Waals surface area contributed by atoms with Crippen molar-refractivity contribution in [2.24, 2.45) is 0 Å². The van der Waals surface area contributed by atoms with E-state index in [4.69, 9.17) is 4.74 Å². The molecule has 2 N–H and O–H groups in total. The van der Waals surface area contributed by atoms with E-state index in [1.807, 2.05) is 42.5 Å². The molecule has 126 valence electrons. The third kappa shape index (κ3) is 3.95. The van der Waals surface area contributed by atoms with Crippen molar-refractivity contribution >= 4 is 22.8 Å². The second-order valence-corrected chi connectivity index (χ2v) is 5.54. The fraction of sp³-hybridized carbons (Fsp3) is 0.100. The minimum Gasteiger partial charge on any atom is -0.478 e. The summed E-state index contributed by atoms with van der Waals surface area (Å²) in [6, 6.07) is 19.9. The molecule has 1 amide bonds. The number of hydrogen-bond acceptors (Lipinski definition) is 3. The SMILES string of the molecule is O=C(NCc1cccc2c(C(=O)O)cccc12)OCc1ccccc1. The minimum absolute atomic E-state index is 0.200. The topological polar surface area (TPSA) is 75.6 Å². The summed E-state index contributed by atoms with van der Waals surface area (Å²) in [7, 11) is 0. The maximum absolute atomic E-state index is 11.9. The molecule has 5 heteroatoms. The Hall–Kier alpha value is -3.34. The highest BCUT2D eigenvalue weighted by molar-refractivity contribution is 6.04. The maximum atomic E-state index is 11.9. The number of carbonyl (C=O) groups is 2. The number of nitrogens with one attached hydrogen (secondary N) is 1. The maximum Gasteiger partial charge on any atom is 0.407 e. The molecule has 0 aliphatic heterocycles. The number of carbonyl (C=O) groups excluding carboxylic acids is 1. The Labute approximate surface area is 144 Å². The van der Waals surface area contributed by atoms with Crippen LogP contribution in [0.4, 0.5) is 4.79 Å². The number of rotatable bonds is 5. The molecule has 25 heavy (non-hydrogen) atoms. The molecule has 0 aliphatic carbocycles. The first-order valence-electron chi connectivity index (χ1n) is 7.83. The van der Waals surface area contributed by atoms with Gasteiger partial charge < -0.3 is 15.2 Å². The Kier molecular flexibility index (Phi) is 4.95. The van der Waals surface area contributed by atoms with Crippen LogP contribution in [0.5, 0.6) is 0 Å². The number of alkyl carbamates (subject to hydrolysis) is 1. The number of carboxylic acids is 1. The molecule has 3 aromatic rings. The van der Waals surface area contributed by atoms with E-state index in [-0.39, 0.29) is 18.7 Å². The molecule has 0 saturated carbocycles. The third-order valence-electron chi connectivity index (χ3n) is 3.88. The van der Waals surface area contributed by atoms with Gasteiger partial charge in [0.25, 0.3) is 0 Å². The average Bonchev–Trinajstić information content (AvgIpc) is 2.64. The summed E-state index contributed by atoms with van der Waals surface area (Å²) >= 11 is 0. The van der Waals surface area contributed by atoms with Gasteiger partial charge in [0.05, 0.1) is 5.56 Å². The minimum atomic E-state index is -0.974. The molecule has 0 heterocycles. The number of ether oxygens (including phenoxy) is 1. The molecular formula is C20H17NO4. The molecule has 0 bridgehead atoms. The predicted octanol–water partition coefficient (Wildman–Crippen LogP) is 3.96. The van der Waals surface area contributed by atoms with Crippen LogP contribution in [-0.4, -0.2) is 17.2 Å². The van der Waals surface area contributed by atoms with E-state index in [9.17, 15) is 14.7 Å². The van der Waals surface area contributed by atoms with Crippen molar-refractivity contribution < 1.29 is 19.4 Å². The van der Waals surface area contributed by atoms with Crippen molar-refractivity contribution in [2.75, 3.05) is 0 Å². The van der Waals surface area contributed by atoms with Crippen LogP contribution >= 0.6 is 0 Å². The van der Waals surface area contributed by atoms with Crippen LogP contribution in [0.25, 0.3) is 10.8 Å². The van der Waals surface area contributed by atoms with Crippen LogP contribution in [0.3, 0.4) is 0 Å². The van der Waals surface area contributed by atoms with Gasteiger partial charge in [-0.05, 0) is 28.0 Å². The van der Waals surface area contributed by atoms with Gasteiger partial charge in [-0.3, -0.25) is 0 Å². The lowest BCUT2D eigenvalue weighted by molar-refractivity contribution is 0.0699. The summed E-state index contributed by atoms with van der Waals surface area (Å²) in [5.74, 6) is -0.974. The number of fused-ring (bicyclic) bond motifs is 1. The molecule has 3 aromatic carbocycles. The molecule has 0 radical (unpaired) electrons. The fourth-order valence-electron chi connectivity index (χ4n) is 2.66. The zero-order chi connectivity index (χ0) is 17.6. The van der Waals surface area contributed by atoms with E-state index in [2.05, 4.69) is 5.32 Å². The average molecular weight is 335 g/mol. The quantitative estimate of drug-likeness (QED) is 0.740. The summed E-state index contributed by atoms with van der Waals surface area (Å²) in [5.41, 5.74) is 1.98. The molecule has 0 aromatic heterocycles. The second kappa shape index (κ2) is 7.49. The fourth-order valence-corrected chi connectivity index (χ4v) is 2.66. The second-order valence-electron chi connectivity index (χ2n) is 5.54. The molecule has 0 fully saturated rings. The largest absolute Gasteiger partial charge is 0.478 e. The highest BCUT2D eigenvalue weighted by atomic mass is 16.5. The number of benzene rings is 3. The van der Waals surface area contributed by atoms with E-state index < -0.39 is 12.1 Å². The van der Waals surface area contributed by atoms with E-state index in [1.54, 1.807) is 24.3 Å².